The molecule has 0 fully saturated rings. The van der Waals surface area contributed by atoms with Crippen LogP contribution in [0.2, 0.25) is 0 Å². The number of hydrogen-bond donors (Lipinski definition) is 2. The zero-order chi connectivity index (χ0) is 8.85. The summed E-state index contributed by atoms with van der Waals surface area (Å²) in [5.41, 5.74) is 5.67. The number of nitrogens with zero attached hydrogens (tertiary/aromatic N) is 2. The molecule has 1 atom stereocenters. The molecule has 0 aliphatic rings. The highest BCUT2D eigenvalue weighted by atomic mass is 15.6. The summed E-state index contributed by atoms with van der Waals surface area (Å²) in [7, 11) is 6.01. The summed E-state index contributed by atoms with van der Waals surface area (Å²) in [6.07, 6.45) is 1.07. The number of rotatable bonds is 5. The van der Waals surface area contributed by atoms with Crippen LogP contribution < -0.4 is 11.1 Å². The number of hydrazine groups is 1. The van der Waals surface area contributed by atoms with Crippen molar-refractivity contribution in [1.82, 2.24) is 15.3 Å². The van der Waals surface area contributed by atoms with Crippen LogP contribution in [0, 0.1) is 0 Å². The largest absolute Gasteiger partial charge is 0.316 e. The van der Waals surface area contributed by atoms with Gasteiger partial charge in [-0.2, -0.15) is 0 Å². The molecule has 0 rings (SSSR count). The fraction of sp³-hybridized carbons (Fsp3) is 1.00. The minimum Gasteiger partial charge on any atom is -0.316 e. The zero-order valence-corrected chi connectivity index (χ0v) is 7.96. The molecule has 1 unspecified atom stereocenters. The molecule has 0 aromatic carbocycles. The Bertz CT molecular complexity index is 94.4. The van der Waals surface area contributed by atoms with Crippen molar-refractivity contribution < 1.29 is 0 Å². The van der Waals surface area contributed by atoms with E-state index in [1.54, 1.807) is 0 Å². The van der Waals surface area contributed by atoms with Crippen molar-refractivity contribution in [3.05, 3.63) is 0 Å². The second-order valence-electron chi connectivity index (χ2n) is 2.88. The van der Waals surface area contributed by atoms with Gasteiger partial charge in [-0.25, -0.2) is 10.0 Å². The Morgan fingerprint density at radius 3 is 2.27 bits per heavy atom. The van der Waals surface area contributed by atoms with Crippen molar-refractivity contribution in [2.24, 2.45) is 5.73 Å². The van der Waals surface area contributed by atoms with Gasteiger partial charge in [-0.1, -0.05) is 6.92 Å². The van der Waals surface area contributed by atoms with E-state index in [1.807, 2.05) is 26.2 Å². The van der Waals surface area contributed by atoms with Gasteiger partial charge in [0.2, 0.25) is 0 Å². The second-order valence-corrected chi connectivity index (χ2v) is 2.88. The van der Waals surface area contributed by atoms with Crippen molar-refractivity contribution >= 4 is 0 Å². The van der Waals surface area contributed by atoms with Crippen LogP contribution in [0.4, 0.5) is 0 Å². The van der Waals surface area contributed by atoms with Gasteiger partial charge in [0.05, 0.1) is 12.8 Å². The summed E-state index contributed by atoms with van der Waals surface area (Å²) in [5.74, 6) is 0. The maximum absolute atomic E-state index is 5.67. The summed E-state index contributed by atoms with van der Waals surface area (Å²) >= 11 is 0. The first-order valence-electron chi connectivity index (χ1n) is 3.95. The predicted molar refractivity (Wildman–Crippen MR) is 47.7 cm³/mol. The van der Waals surface area contributed by atoms with E-state index >= 15 is 0 Å². The number of nitrogens with one attached hydrogen (secondary N) is 1. The minimum absolute atomic E-state index is 0.109. The lowest BCUT2D eigenvalue weighted by atomic mass is 10.4. The molecule has 0 aromatic rings. The summed E-state index contributed by atoms with van der Waals surface area (Å²) in [5, 5.41) is 7.24. The Hall–Kier alpha value is -0.160. The predicted octanol–water partition coefficient (Wildman–Crippen LogP) is -0.363. The highest BCUT2D eigenvalue weighted by Gasteiger charge is 2.01. The third-order valence-electron chi connectivity index (χ3n) is 1.70. The second kappa shape index (κ2) is 5.49. The molecule has 0 saturated heterocycles. The van der Waals surface area contributed by atoms with Crippen LogP contribution in [-0.2, 0) is 0 Å². The lowest BCUT2D eigenvalue weighted by Crippen LogP contribution is -2.46. The van der Waals surface area contributed by atoms with Crippen LogP contribution in [0.5, 0.6) is 0 Å². The van der Waals surface area contributed by atoms with Crippen molar-refractivity contribution in [3.63, 3.8) is 0 Å². The van der Waals surface area contributed by atoms with E-state index in [-0.39, 0.29) is 6.17 Å². The number of hydrogen-bond acceptors (Lipinski definition) is 4. The van der Waals surface area contributed by atoms with E-state index in [2.05, 4.69) is 17.2 Å². The molecule has 0 saturated carbocycles. The van der Waals surface area contributed by atoms with Crippen LogP contribution in [-0.4, -0.2) is 44.0 Å². The quantitative estimate of drug-likeness (QED) is 0.426. The Labute approximate surface area is 69.3 Å². The first-order chi connectivity index (χ1) is 5.07. The summed E-state index contributed by atoms with van der Waals surface area (Å²) in [6, 6.07) is 0. The van der Waals surface area contributed by atoms with Gasteiger partial charge in [-0.05, 0) is 6.42 Å². The lowest BCUT2D eigenvalue weighted by Gasteiger charge is -2.25. The smallest absolute Gasteiger partial charge is 0.0631 e. The van der Waals surface area contributed by atoms with Gasteiger partial charge in [0.1, 0.15) is 0 Å². The first-order valence-corrected chi connectivity index (χ1v) is 3.95. The van der Waals surface area contributed by atoms with Gasteiger partial charge < -0.3 is 5.73 Å². The topological polar surface area (TPSA) is 44.5 Å². The van der Waals surface area contributed by atoms with E-state index < -0.39 is 0 Å². The lowest BCUT2D eigenvalue weighted by molar-refractivity contribution is 0.0434. The number of nitrogens with two attached hydrogens (primary N) is 1. The van der Waals surface area contributed by atoms with E-state index in [1.165, 1.54) is 0 Å². The fourth-order valence-electron chi connectivity index (χ4n) is 0.535. The first kappa shape index (κ1) is 10.8. The molecule has 11 heavy (non-hydrogen) atoms. The standard InChI is InChI=1S/C7H20N4/c1-5-7(8)9-6-11(4)10(2)3/h7,9H,5-6,8H2,1-4H3. The SMILES string of the molecule is CCC(N)NCN(C)N(C)C. The molecule has 0 radical (unpaired) electrons. The highest BCUT2D eigenvalue weighted by Crippen LogP contribution is 1.84. The Morgan fingerprint density at radius 1 is 1.36 bits per heavy atom. The summed E-state index contributed by atoms with van der Waals surface area (Å²) in [4.78, 5) is 0. The van der Waals surface area contributed by atoms with Crippen LogP contribution in [0.3, 0.4) is 0 Å². The maximum Gasteiger partial charge on any atom is 0.0631 e. The van der Waals surface area contributed by atoms with Gasteiger partial charge in [-0.3, -0.25) is 5.32 Å². The molecule has 0 heterocycles. The normalized spacial score (nSPS) is 14.5. The molecule has 0 aliphatic carbocycles. The van der Waals surface area contributed by atoms with Gasteiger partial charge in [0, 0.05) is 21.1 Å². The molecule has 0 aromatic heterocycles. The molecule has 0 bridgehead atoms. The Kier molecular flexibility index (Phi) is 5.41. The molecule has 4 heteroatoms. The molecule has 0 spiro atoms. The van der Waals surface area contributed by atoms with Crippen molar-refractivity contribution in [3.8, 4) is 0 Å². The van der Waals surface area contributed by atoms with E-state index in [4.69, 9.17) is 5.73 Å². The molecular weight excluding hydrogens is 140 g/mol. The molecule has 0 amide bonds. The molecule has 4 nitrogen and oxygen atoms in total. The van der Waals surface area contributed by atoms with Gasteiger partial charge in [-0.15, -0.1) is 0 Å². The molecule has 3 N–H and O–H groups in total. The maximum atomic E-state index is 5.67. The average Bonchev–Trinajstić information content (AvgIpc) is 1.99. The Morgan fingerprint density at radius 2 is 1.91 bits per heavy atom. The summed E-state index contributed by atoms with van der Waals surface area (Å²) < 4.78 is 0. The van der Waals surface area contributed by atoms with E-state index in [0.29, 0.717) is 0 Å². The monoisotopic (exact) mass is 160 g/mol. The van der Waals surface area contributed by atoms with Crippen LogP contribution in [0.25, 0.3) is 0 Å². The van der Waals surface area contributed by atoms with Gasteiger partial charge in [0.15, 0.2) is 0 Å². The summed E-state index contributed by atoms with van der Waals surface area (Å²) in [6.45, 7) is 2.86. The average molecular weight is 160 g/mol. The van der Waals surface area contributed by atoms with E-state index in [9.17, 15) is 0 Å². The third-order valence-corrected chi connectivity index (χ3v) is 1.70. The highest BCUT2D eigenvalue weighted by molar-refractivity contribution is 4.53. The van der Waals surface area contributed by atoms with Gasteiger partial charge >= 0.3 is 0 Å². The minimum atomic E-state index is 0.109. The van der Waals surface area contributed by atoms with Crippen LogP contribution in [0.1, 0.15) is 13.3 Å². The van der Waals surface area contributed by atoms with Crippen LogP contribution in [0.15, 0.2) is 0 Å². The molecular formula is C7H20N4. The van der Waals surface area contributed by atoms with Crippen LogP contribution >= 0.6 is 0 Å². The fourth-order valence-corrected chi connectivity index (χ4v) is 0.535. The van der Waals surface area contributed by atoms with Crippen molar-refractivity contribution in [2.75, 3.05) is 27.8 Å². The van der Waals surface area contributed by atoms with E-state index in [0.717, 1.165) is 13.1 Å². The van der Waals surface area contributed by atoms with Crippen molar-refractivity contribution in [1.29, 1.82) is 0 Å². The van der Waals surface area contributed by atoms with Gasteiger partial charge in [0.25, 0.3) is 0 Å². The third kappa shape index (κ3) is 5.15. The molecule has 68 valence electrons. The Balaban J connectivity index is 3.37. The zero-order valence-electron chi connectivity index (χ0n) is 7.96. The molecule has 0 aliphatic heterocycles. The van der Waals surface area contributed by atoms with Crippen molar-refractivity contribution in [2.45, 2.75) is 19.5 Å².